The summed E-state index contributed by atoms with van der Waals surface area (Å²) in [6, 6.07) is 3.60. The van der Waals surface area contributed by atoms with Crippen LogP contribution in [0.15, 0.2) is 27.3 Å². The topological polar surface area (TPSA) is 106 Å². The van der Waals surface area contributed by atoms with Gasteiger partial charge in [0.2, 0.25) is 11.7 Å². The lowest BCUT2D eigenvalue weighted by Crippen LogP contribution is -2.35. The minimum atomic E-state index is -0.0997. The van der Waals surface area contributed by atoms with Crippen molar-refractivity contribution in [3.8, 4) is 11.6 Å². The molecule has 0 aromatic carbocycles. The van der Waals surface area contributed by atoms with Crippen molar-refractivity contribution in [1.82, 2.24) is 29.8 Å². The Morgan fingerprint density at radius 1 is 1.36 bits per heavy atom. The molecule has 4 heterocycles. The molecule has 1 atom stereocenters. The monoisotopic (exact) mass is 344 g/mol. The largest absolute Gasteiger partial charge is 0.461 e. The van der Waals surface area contributed by atoms with Crippen LogP contribution in [0.1, 0.15) is 36.3 Å². The summed E-state index contributed by atoms with van der Waals surface area (Å²) in [5.41, 5.74) is 0. The van der Waals surface area contributed by atoms with E-state index in [-0.39, 0.29) is 12.5 Å². The van der Waals surface area contributed by atoms with Crippen molar-refractivity contribution in [3.05, 3.63) is 35.9 Å². The molecule has 1 saturated heterocycles. The SMILES string of the molecule is Cn1c(CO)nnc1[C@H]1CCCN(Cc2nc(-c3ccco3)no2)C1. The van der Waals surface area contributed by atoms with Crippen molar-refractivity contribution in [1.29, 1.82) is 0 Å². The lowest BCUT2D eigenvalue weighted by molar-refractivity contribution is 0.173. The van der Waals surface area contributed by atoms with Crippen LogP contribution in [-0.2, 0) is 20.2 Å². The molecule has 1 aliphatic rings. The molecule has 9 nitrogen and oxygen atoms in total. The summed E-state index contributed by atoms with van der Waals surface area (Å²) in [6.45, 7) is 2.31. The van der Waals surface area contributed by atoms with Crippen LogP contribution >= 0.6 is 0 Å². The van der Waals surface area contributed by atoms with Crippen molar-refractivity contribution in [2.24, 2.45) is 7.05 Å². The van der Waals surface area contributed by atoms with Crippen molar-refractivity contribution in [2.75, 3.05) is 13.1 Å². The van der Waals surface area contributed by atoms with Gasteiger partial charge >= 0.3 is 0 Å². The summed E-state index contributed by atoms with van der Waals surface area (Å²) in [5.74, 6) is 3.42. The van der Waals surface area contributed by atoms with E-state index < -0.39 is 0 Å². The fraction of sp³-hybridized carbons (Fsp3) is 0.500. The van der Waals surface area contributed by atoms with Crippen molar-refractivity contribution in [2.45, 2.75) is 31.9 Å². The summed E-state index contributed by atoms with van der Waals surface area (Å²) >= 11 is 0. The predicted octanol–water partition coefficient (Wildman–Crippen LogP) is 1.33. The molecule has 0 spiro atoms. The third kappa shape index (κ3) is 3.20. The Hall–Kier alpha value is -2.52. The maximum Gasteiger partial charge on any atom is 0.241 e. The molecule has 0 saturated carbocycles. The van der Waals surface area contributed by atoms with E-state index in [9.17, 15) is 5.11 Å². The van der Waals surface area contributed by atoms with Crippen molar-refractivity contribution >= 4 is 0 Å². The van der Waals surface area contributed by atoms with Gasteiger partial charge in [0.25, 0.3) is 0 Å². The Bertz CT molecular complexity index is 825. The van der Waals surface area contributed by atoms with Gasteiger partial charge in [-0.3, -0.25) is 4.90 Å². The Labute approximate surface area is 144 Å². The van der Waals surface area contributed by atoms with Gasteiger partial charge in [0, 0.05) is 19.5 Å². The number of nitrogens with zero attached hydrogens (tertiary/aromatic N) is 6. The highest BCUT2D eigenvalue weighted by Gasteiger charge is 2.27. The molecular weight excluding hydrogens is 324 g/mol. The van der Waals surface area contributed by atoms with Crippen LogP contribution in [-0.4, -0.2) is 48.0 Å². The number of likely N-dealkylation sites (tertiary alicyclic amines) is 1. The highest BCUT2D eigenvalue weighted by atomic mass is 16.5. The molecule has 0 aliphatic carbocycles. The number of aliphatic hydroxyl groups excluding tert-OH is 1. The second-order valence-electron chi connectivity index (χ2n) is 6.25. The highest BCUT2D eigenvalue weighted by molar-refractivity contribution is 5.44. The van der Waals surface area contributed by atoms with E-state index in [1.165, 1.54) is 0 Å². The van der Waals surface area contributed by atoms with E-state index in [2.05, 4.69) is 25.2 Å². The minimum absolute atomic E-state index is 0.0997. The van der Waals surface area contributed by atoms with Gasteiger partial charge in [0.15, 0.2) is 11.6 Å². The first kappa shape index (κ1) is 16.0. The standard InChI is InChI=1S/C16H20N6O3/c1-21-13(10-23)18-19-16(21)11-4-2-6-22(8-11)9-14-17-15(20-25-14)12-5-3-7-24-12/h3,5,7,11,23H,2,4,6,8-10H2,1H3/t11-/m0/s1. The number of piperidine rings is 1. The number of hydrogen-bond donors (Lipinski definition) is 1. The summed E-state index contributed by atoms with van der Waals surface area (Å²) in [7, 11) is 1.90. The second-order valence-corrected chi connectivity index (χ2v) is 6.25. The number of furan rings is 1. The minimum Gasteiger partial charge on any atom is -0.461 e. The van der Waals surface area contributed by atoms with E-state index in [1.54, 1.807) is 18.4 Å². The van der Waals surface area contributed by atoms with Gasteiger partial charge in [-0.05, 0) is 31.5 Å². The molecule has 1 fully saturated rings. The Morgan fingerprint density at radius 3 is 3.04 bits per heavy atom. The molecule has 9 heteroatoms. The maximum absolute atomic E-state index is 9.29. The van der Waals surface area contributed by atoms with E-state index in [0.29, 0.717) is 29.8 Å². The quantitative estimate of drug-likeness (QED) is 0.739. The molecule has 132 valence electrons. The van der Waals surface area contributed by atoms with Gasteiger partial charge in [-0.1, -0.05) is 5.16 Å². The van der Waals surface area contributed by atoms with Crippen LogP contribution in [0.25, 0.3) is 11.6 Å². The number of aromatic nitrogens is 5. The van der Waals surface area contributed by atoms with Crippen LogP contribution in [0, 0.1) is 0 Å². The number of hydrogen-bond acceptors (Lipinski definition) is 8. The third-order valence-corrected chi connectivity index (χ3v) is 4.58. The lowest BCUT2D eigenvalue weighted by Gasteiger charge is -2.31. The van der Waals surface area contributed by atoms with Crippen LogP contribution in [0.2, 0.25) is 0 Å². The molecule has 25 heavy (non-hydrogen) atoms. The van der Waals surface area contributed by atoms with Crippen molar-refractivity contribution in [3.63, 3.8) is 0 Å². The Balaban J connectivity index is 1.44. The van der Waals surface area contributed by atoms with E-state index >= 15 is 0 Å². The Morgan fingerprint density at radius 2 is 2.28 bits per heavy atom. The number of aliphatic hydroxyl groups is 1. The third-order valence-electron chi connectivity index (χ3n) is 4.58. The zero-order valence-corrected chi connectivity index (χ0v) is 14.0. The maximum atomic E-state index is 9.29. The molecule has 0 amide bonds. The number of rotatable bonds is 5. The van der Waals surface area contributed by atoms with E-state index in [4.69, 9.17) is 8.94 Å². The highest BCUT2D eigenvalue weighted by Crippen LogP contribution is 2.27. The molecule has 0 bridgehead atoms. The molecule has 1 aliphatic heterocycles. The Kier molecular flexibility index (Phi) is 4.33. The first-order valence-electron chi connectivity index (χ1n) is 8.32. The fourth-order valence-electron chi connectivity index (χ4n) is 3.29. The lowest BCUT2D eigenvalue weighted by atomic mass is 9.97. The predicted molar refractivity (Wildman–Crippen MR) is 86.2 cm³/mol. The average molecular weight is 344 g/mol. The molecule has 3 aromatic heterocycles. The first-order chi connectivity index (χ1) is 12.2. The van der Waals surface area contributed by atoms with Crippen molar-refractivity contribution < 1.29 is 14.0 Å². The molecule has 0 radical (unpaired) electrons. The summed E-state index contributed by atoms with van der Waals surface area (Å²) in [5, 5.41) is 21.6. The normalized spacial score (nSPS) is 18.7. The van der Waals surface area contributed by atoms with Crippen LogP contribution < -0.4 is 0 Å². The molecule has 3 aromatic rings. The summed E-state index contributed by atoms with van der Waals surface area (Å²) in [4.78, 5) is 6.68. The van der Waals surface area contributed by atoms with Gasteiger partial charge in [-0.25, -0.2) is 0 Å². The zero-order valence-electron chi connectivity index (χ0n) is 14.0. The smallest absolute Gasteiger partial charge is 0.241 e. The van der Waals surface area contributed by atoms with Crippen LogP contribution in [0.5, 0.6) is 0 Å². The van der Waals surface area contributed by atoms with Gasteiger partial charge in [-0.15, -0.1) is 10.2 Å². The van der Waals surface area contributed by atoms with E-state index in [0.717, 1.165) is 31.8 Å². The fourth-order valence-corrected chi connectivity index (χ4v) is 3.29. The van der Waals surface area contributed by atoms with Gasteiger partial charge in [0.1, 0.15) is 12.4 Å². The molecular formula is C16H20N6O3. The molecule has 0 unspecified atom stereocenters. The van der Waals surface area contributed by atoms with Crippen LogP contribution in [0.4, 0.5) is 0 Å². The van der Waals surface area contributed by atoms with Gasteiger partial charge in [-0.2, -0.15) is 4.98 Å². The molecule has 4 rings (SSSR count). The second kappa shape index (κ2) is 6.77. The van der Waals surface area contributed by atoms with Gasteiger partial charge in [0.05, 0.1) is 12.8 Å². The van der Waals surface area contributed by atoms with E-state index in [1.807, 2.05) is 11.6 Å². The average Bonchev–Trinajstić information content (AvgIpc) is 3.35. The van der Waals surface area contributed by atoms with Crippen LogP contribution in [0.3, 0.4) is 0 Å². The molecule has 1 N–H and O–H groups in total. The summed E-state index contributed by atoms with van der Waals surface area (Å²) in [6.07, 6.45) is 3.70. The summed E-state index contributed by atoms with van der Waals surface area (Å²) < 4.78 is 12.5. The zero-order chi connectivity index (χ0) is 17.2. The van der Waals surface area contributed by atoms with Gasteiger partial charge < -0.3 is 18.6 Å². The first-order valence-corrected chi connectivity index (χ1v) is 8.32.